The lowest BCUT2D eigenvalue weighted by Crippen LogP contribution is -2.43. The van der Waals surface area contributed by atoms with Gasteiger partial charge in [-0.05, 0) is 38.8 Å². The molecule has 4 heteroatoms. The minimum atomic E-state index is 0.344. The molecule has 0 aliphatic carbocycles. The van der Waals surface area contributed by atoms with Crippen LogP contribution in [0.15, 0.2) is 18.2 Å². The van der Waals surface area contributed by atoms with E-state index in [9.17, 15) is 0 Å². The summed E-state index contributed by atoms with van der Waals surface area (Å²) in [6.45, 7) is 7.04. The Labute approximate surface area is 114 Å². The minimum Gasteiger partial charge on any atom is -0.454 e. The molecule has 0 radical (unpaired) electrons. The maximum atomic E-state index is 5.47. The van der Waals surface area contributed by atoms with E-state index in [2.05, 4.69) is 36.2 Å². The average Bonchev–Trinajstić information content (AvgIpc) is 2.83. The van der Waals surface area contributed by atoms with Crippen LogP contribution in [0.5, 0.6) is 11.5 Å². The molecule has 104 valence electrons. The number of rotatable bonds is 1. The van der Waals surface area contributed by atoms with Crippen molar-refractivity contribution in [3.63, 3.8) is 0 Å². The van der Waals surface area contributed by atoms with E-state index in [1.54, 1.807) is 0 Å². The second kappa shape index (κ2) is 5.29. The highest BCUT2D eigenvalue weighted by Crippen LogP contribution is 2.35. The monoisotopic (exact) mass is 262 g/mol. The quantitative estimate of drug-likeness (QED) is 0.842. The van der Waals surface area contributed by atoms with E-state index in [0.29, 0.717) is 18.9 Å². The molecule has 2 atom stereocenters. The lowest BCUT2D eigenvalue weighted by molar-refractivity contribution is 0.174. The van der Waals surface area contributed by atoms with Gasteiger partial charge in [0.15, 0.2) is 11.5 Å². The number of ether oxygens (including phenoxy) is 2. The van der Waals surface area contributed by atoms with E-state index in [1.807, 2.05) is 6.07 Å². The Morgan fingerprint density at radius 1 is 1.05 bits per heavy atom. The number of nitrogens with zero attached hydrogens (tertiary/aromatic N) is 1. The van der Waals surface area contributed by atoms with Gasteiger partial charge < -0.3 is 19.7 Å². The van der Waals surface area contributed by atoms with Crippen LogP contribution in [0.1, 0.15) is 26.7 Å². The smallest absolute Gasteiger partial charge is 0.231 e. The van der Waals surface area contributed by atoms with Gasteiger partial charge in [0.25, 0.3) is 0 Å². The van der Waals surface area contributed by atoms with Gasteiger partial charge in [0.2, 0.25) is 6.79 Å². The summed E-state index contributed by atoms with van der Waals surface area (Å²) in [6, 6.07) is 7.41. The van der Waals surface area contributed by atoms with Crippen molar-refractivity contribution in [2.75, 3.05) is 24.8 Å². The predicted molar refractivity (Wildman–Crippen MR) is 76.1 cm³/mol. The number of fused-ring (bicyclic) bond motifs is 1. The molecule has 0 amide bonds. The molecule has 1 N–H and O–H groups in total. The van der Waals surface area contributed by atoms with Crippen molar-refractivity contribution in [1.29, 1.82) is 0 Å². The summed E-state index contributed by atoms with van der Waals surface area (Å²) in [5.74, 6) is 1.73. The molecule has 0 aromatic heterocycles. The van der Waals surface area contributed by atoms with Crippen molar-refractivity contribution in [1.82, 2.24) is 5.32 Å². The van der Waals surface area contributed by atoms with Crippen LogP contribution < -0.4 is 19.7 Å². The zero-order valence-corrected chi connectivity index (χ0v) is 11.7. The molecule has 1 fully saturated rings. The fourth-order valence-corrected chi connectivity index (χ4v) is 2.80. The van der Waals surface area contributed by atoms with Gasteiger partial charge in [-0.3, -0.25) is 0 Å². The van der Waals surface area contributed by atoms with Gasteiger partial charge in [0, 0.05) is 36.9 Å². The average molecular weight is 262 g/mol. The number of nitrogens with one attached hydrogen (secondary N) is 1. The largest absolute Gasteiger partial charge is 0.454 e. The van der Waals surface area contributed by atoms with Crippen molar-refractivity contribution in [3.8, 4) is 11.5 Å². The topological polar surface area (TPSA) is 33.7 Å². The summed E-state index contributed by atoms with van der Waals surface area (Å²) < 4.78 is 10.8. The van der Waals surface area contributed by atoms with E-state index < -0.39 is 0 Å². The second-order valence-electron chi connectivity index (χ2n) is 5.57. The maximum Gasteiger partial charge on any atom is 0.231 e. The first-order valence-electron chi connectivity index (χ1n) is 7.13. The zero-order chi connectivity index (χ0) is 13.2. The van der Waals surface area contributed by atoms with E-state index >= 15 is 0 Å². The Bertz CT molecular complexity index is 438. The molecule has 3 rings (SSSR count). The molecule has 2 unspecified atom stereocenters. The van der Waals surface area contributed by atoms with Crippen LogP contribution in [-0.2, 0) is 0 Å². The first-order chi connectivity index (χ1) is 9.22. The summed E-state index contributed by atoms with van der Waals surface area (Å²) >= 11 is 0. The maximum absolute atomic E-state index is 5.47. The van der Waals surface area contributed by atoms with E-state index in [0.717, 1.165) is 24.6 Å². The third-order valence-corrected chi connectivity index (χ3v) is 3.95. The fraction of sp³-hybridized carbons (Fsp3) is 0.600. The summed E-state index contributed by atoms with van der Waals surface area (Å²) in [5, 5.41) is 3.62. The molecular weight excluding hydrogens is 240 g/mol. The first kappa shape index (κ1) is 12.6. The summed E-state index contributed by atoms with van der Waals surface area (Å²) in [5.41, 5.74) is 1.24. The molecule has 0 spiro atoms. The van der Waals surface area contributed by atoms with Gasteiger partial charge in [0.1, 0.15) is 0 Å². The number of benzene rings is 1. The normalized spacial score (nSPS) is 26.9. The van der Waals surface area contributed by atoms with Gasteiger partial charge in [0.05, 0.1) is 0 Å². The van der Waals surface area contributed by atoms with Crippen molar-refractivity contribution in [2.24, 2.45) is 0 Å². The van der Waals surface area contributed by atoms with Crippen molar-refractivity contribution >= 4 is 5.69 Å². The molecule has 2 heterocycles. The Morgan fingerprint density at radius 2 is 1.74 bits per heavy atom. The van der Waals surface area contributed by atoms with Gasteiger partial charge in [-0.25, -0.2) is 0 Å². The van der Waals surface area contributed by atoms with Crippen LogP contribution in [0.3, 0.4) is 0 Å². The van der Waals surface area contributed by atoms with Crippen molar-refractivity contribution in [2.45, 2.75) is 38.8 Å². The molecule has 2 aliphatic heterocycles. The van der Waals surface area contributed by atoms with Crippen LogP contribution in [0, 0.1) is 0 Å². The van der Waals surface area contributed by atoms with E-state index in [1.165, 1.54) is 18.5 Å². The van der Waals surface area contributed by atoms with Gasteiger partial charge in [-0.1, -0.05) is 0 Å². The van der Waals surface area contributed by atoms with E-state index in [4.69, 9.17) is 9.47 Å². The fourth-order valence-electron chi connectivity index (χ4n) is 2.80. The molecule has 0 saturated carbocycles. The summed E-state index contributed by atoms with van der Waals surface area (Å²) in [4.78, 5) is 2.45. The van der Waals surface area contributed by atoms with Gasteiger partial charge >= 0.3 is 0 Å². The lowest BCUT2D eigenvalue weighted by atomic mass is 10.1. The Hall–Kier alpha value is -1.42. The SMILES string of the molecule is CC1CCN(c2ccc3c(c2)OCO3)CCC(C)N1. The predicted octanol–water partition coefficient (Wildman–Crippen LogP) is 2.38. The van der Waals surface area contributed by atoms with Gasteiger partial charge in [-0.2, -0.15) is 0 Å². The highest BCUT2D eigenvalue weighted by molar-refractivity contribution is 5.57. The van der Waals surface area contributed by atoms with Crippen LogP contribution in [-0.4, -0.2) is 32.0 Å². The van der Waals surface area contributed by atoms with E-state index in [-0.39, 0.29) is 0 Å². The zero-order valence-electron chi connectivity index (χ0n) is 11.7. The van der Waals surface area contributed by atoms with Crippen molar-refractivity contribution < 1.29 is 9.47 Å². The number of hydrogen-bond acceptors (Lipinski definition) is 4. The highest BCUT2D eigenvalue weighted by Gasteiger charge is 2.19. The Kier molecular flexibility index (Phi) is 3.51. The molecular formula is C15H22N2O2. The lowest BCUT2D eigenvalue weighted by Gasteiger charge is -2.32. The van der Waals surface area contributed by atoms with Crippen LogP contribution >= 0.6 is 0 Å². The molecule has 1 aromatic carbocycles. The second-order valence-corrected chi connectivity index (χ2v) is 5.57. The molecule has 0 bridgehead atoms. The standard InChI is InChI=1S/C15H22N2O2/c1-11-5-7-17(8-6-12(2)16-11)13-3-4-14-15(9-13)19-10-18-14/h3-4,9,11-12,16H,5-8,10H2,1-2H3. The number of hydrogen-bond donors (Lipinski definition) is 1. The third kappa shape index (κ3) is 2.78. The van der Waals surface area contributed by atoms with Crippen LogP contribution in [0.4, 0.5) is 5.69 Å². The summed E-state index contributed by atoms with van der Waals surface area (Å²) in [7, 11) is 0. The van der Waals surface area contributed by atoms with Crippen LogP contribution in [0.25, 0.3) is 0 Å². The summed E-state index contributed by atoms with van der Waals surface area (Å²) in [6.07, 6.45) is 2.33. The molecule has 2 aliphatic rings. The minimum absolute atomic E-state index is 0.344. The molecule has 19 heavy (non-hydrogen) atoms. The Balaban J connectivity index is 1.76. The number of anilines is 1. The molecule has 4 nitrogen and oxygen atoms in total. The highest BCUT2D eigenvalue weighted by atomic mass is 16.7. The van der Waals surface area contributed by atoms with Gasteiger partial charge in [-0.15, -0.1) is 0 Å². The van der Waals surface area contributed by atoms with Crippen molar-refractivity contribution in [3.05, 3.63) is 18.2 Å². The third-order valence-electron chi connectivity index (χ3n) is 3.95. The van der Waals surface area contributed by atoms with Crippen LogP contribution in [0.2, 0.25) is 0 Å². The molecule has 1 aromatic rings. The Morgan fingerprint density at radius 3 is 2.47 bits per heavy atom. The molecule has 1 saturated heterocycles. The first-order valence-corrected chi connectivity index (χ1v) is 7.13.